The van der Waals surface area contributed by atoms with Gasteiger partial charge in [-0.2, -0.15) is 0 Å². The fraction of sp³-hybridized carbons (Fsp3) is 0.300. The number of rotatable bonds is 6. The van der Waals surface area contributed by atoms with E-state index in [9.17, 15) is 4.79 Å². The van der Waals surface area contributed by atoms with E-state index in [-0.39, 0.29) is 11.6 Å². The van der Waals surface area contributed by atoms with Gasteiger partial charge in [0.2, 0.25) is 5.88 Å². The largest absolute Gasteiger partial charge is 0.481 e. The molecule has 2 rings (SSSR count). The van der Waals surface area contributed by atoms with Crippen molar-refractivity contribution in [3.05, 3.63) is 48.2 Å². The van der Waals surface area contributed by atoms with Crippen LogP contribution in [0.25, 0.3) is 11.1 Å². The van der Waals surface area contributed by atoms with E-state index in [0.29, 0.717) is 18.1 Å². The van der Waals surface area contributed by atoms with E-state index in [1.165, 1.54) is 0 Å². The van der Waals surface area contributed by atoms with Crippen LogP contribution in [0.5, 0.6) is 5.88 Å². The molecular formula is C20H25N3O4. The van der Waals surface area contributed by atoms with Gasteiger partial charge in [0.05, 0.1) is 5.41 Å². The Balaban J connectivity index is 0.000000828. The Bertz CT molecular complexity index is 793. The number of aliphatic carboxylic acids is 1. The highest BCUT2D eigenvalue weighted by molar-refractivity contribution is 5.95. The summed E-state index contributed by atoms with van der Waals surface area (Å²) in [5.41, 5.74) is 7.53. The highest BCUT2D eigenvalue weighted by Gasteiger charge is 2.24. The smallest absolute Gasteiger partial charge is 0.300 e. The summed E-state index contributed by atoms with van der Waals surface area (Å²) in [6, 6.07) is 11.1. The van der Waals surface area contributed by atoms with Gasteiger partial charge in [0.1, 0.15) is 18.2 Å². The van der Waals surface area contributed by atoms with Gasteiger partial charge in [0.25, 0.3) is 5.97 Å². The number of amidine groups is 1. The minimum Gasteiger partial charge on any atom is -0.481 e. The first kappa shape index (κ1) is 21.8. The van der Waals surface area contributed by atoms with Crippen molar-refractivity contribution in [2.45, 2.75) is 27.7 Å². The molecule has 4 N–H and O–H groups in total. The zero-order valence-electron chi connectivity index (χ0n) is 15.9. The topological polar surface area (TPSA) is 126 Å². The number of carboxylic acids is 1. The maximum Gasteiger partial charge on any atom is 0.300 e. The highest BCUT2D eigenvalue weighted by Crippen LogP contribution is 2.22. The maximum atomic E-state index is 11.5. The lowest BCUT2D eigenvalue weighted by atomic mass is 9.90. The molecule has 0 aliphatic rings. The number of pyridine rings is 1. The van der Waals surface area contributed by atoms with Crippen LogP contribution >= 0.6 is 0 Å². The van der Waals surface area contributed by atoms with E-state index in [1.54, 1.807) is 31.3 Å². The van der Waals surface area contributed by atoms with Crippen LogP contribution in [0.4, 0.5) is 0 Å². The first-order valence-electron chi connectivity index (χ1n) is 8.27. The molecule has 0 unspecified atom stereocenters. The van der Waals surface area contributed by atoms with Gasteiger partial charge in [-0.05, 0) is 32.4 Å². The van der Waals surface area contributed by atoms with Crippen LogP contribution in [0.3, 0.4) is 0 Å². The van der Waals surface area contributed by atoms with E-state index >= 15 is 0 Å². The number of hydrogen-bond donors (Lipinski definition) is 3. The molecule has 0 atom stereocenters. The summed E-state index contributed by atoms with van der Waals surface area (Å²) < 4.78 is 5.60. The summed E-state index contributed by atoms with van der Waals surface area (Å²) in [6.07, 6.45) is 1.72. The van der Waals surface area contributed by atoms with E-state index in [0.717, 1.165) is 18.1 Å². The number of benzene rings is 1. The predicted octanol–water partition coefficient (Wildman–Crippen LogP) is 3.12. The summed E-state index contributed by atoms with van der Waals surface area (Å²) in [6.45, 7) is 6.63. The third kappa shape index (κ3) is 7.27. The van der Waals surface area contributed by atoms with Crippen molar-refractivity contribution in [1.29, 1.82) is 5.41 Å². The summed E-state index contributed by atoms with van der Waals surface area (Å²) >= 11 is 0. The summed E-state index contributed by atoms with van der Waals surface area (Å²) in [4.78, 5) is 24.8. The average Bonchev–Trinajstić information content (AvgIpc) is 2.60. The van der Waals surface area contributed by atoms with Gasteiger partial charge >= 0.3 is 0 Å². The van der Waals surface area contributed by atoms with Crippen molar-refractivity contribution in [3.63, 3.8) is 0 Å². The van der Waals surface area contributed by atoms with Crippen LogP contribution in [0.2, 0.25) is 0 Å². The SMILES string of the molecule is CC(=O)C(C)(C)COc1ccc(-c2ccc(C(=N)N)cc2)cn1.CC(=O)O. The summed E-state index contributed by atoms with van der Waals surface area (Å²) in [5.74, 6) is -0.213. The van der Waals surface area contributed by atoms with Crippen molar-refractivity contribution in [1.82, 2.24) is 4.98 Å². The van der Waals surface area contributed by atoms with E-state index < -0.39 is 11.4 Å². The molecule has 0 radical (unpaired) electrons. The third-order valence-corrected chi connectivity index (χ3v) is 3.80. The zero-order chi connectivity index (χ0) is 20.6. The Morgan fingerprint density at radius 3 is 2.04 bits per heavy atom. The Hall–Kier alpha value is -3.22. The van der Waals surface area contributed by atoms with Gasteiger partial charge in [-0.3, -0.25) is 15.0 Å². The normalized spacial score (nSPS) is 10.4. The molecule has 0 aliphatic heterocycles. The van der Waals surface area contributed by atoms with Gasteiger partial charge in [0.15, 0.2) is 0 Å². The molecule has 0 amide bonds. The van der Waals surface area contributed by atoms with Crippen molar-refractivity contribution >= 4 is 17.6 Å². The van der Waals surface area contributed by atoms with Crippen LogP contribution in [0.15, 0.2) is 42.6 Å². The number of carbonyl (C=O) groups excluding carboxylic acids is 1. The Kier molecular flexibility index (Phi) is 7.65. The monoisotopic (exact) mass is 371 g/mol. The lowest BCUT2D eigenvalue weighted by molar-refractivity contribution is -0.134. The van der Waals surface area contributed by atoms with E-state index in [2.05, 4.69) is 4.98 Å². The van der Waals surface area contributed by atoms with Crippen molar-refractivity contribution in [2.24, 2.45) is 11.1 Å². The number of aromatic nitrogens is 1. The molecule has 0 aliphatic carbocycles. The standard InChI is InChI=1S/C18H21N3O2.C2H4O2/c1-12(22)18(2,3)11-23-16-9-8-15(10-21-16)13-4-6-14(7-5-13)17(19)20;1-2(3)4/h4-10H,11H2,1-3H3,(H3,19,20);1H3,(H,3,4). The van der Waals surface area contributed by atoms with Gasteiger partial charge in [-0.1, -0.05) is 24.3 Å². The maximum absolute atomic E-state index is 11.5. The zero-order valence-corrected chi connectivity index (χ0v) is 15.9. The second-order valence-electron chi connectivity index (χ2n) is 6.62. The Morgan fingerprint density at radius 1 is 1.11 bits per heavy atom. The number of Topliss-reactive ketones (excluding diaryl/α,β-unsaturated/α-hetero) is 1. The number of nitrogens with two attached hydrogens (primary N) is 1. The number of nitrogens with zero attached hydrogens (tertiary/aromatic N) is 1. The molecule has 27 heavy (non-hydrogen) atoms. The molecule has 7 heteroatoms. The molecule has 144 valence electrons. The quantitative estimate of drug-likeness (QED) is 0.529. The molecule has 0 bridgehead atoms. The van der Waals surface area contributed by atoms with Crippen molar-refractivity contribution in [3.8, 4) is 17.0 Å². The first-order chi connectivity index (χ1) is 12.5. The van der Waals surface area contributed by atoms with Gasteiger partial charge in [-0.15, -0.1) is 0 Å². The van der Waals surface area contributed by atoms with Gasteiger partial charge in [-0.25, -0.2) is 4.98 Å². The molecule has 2 aromatic rings. The lowest BCUT2D eigenvalue weighted by Gasteiger charge is -2.20. The second kappa shape index (κ2) is 9.47. The van der Waals surface area contributed by atoms with Crippen molar-refractivity contribution in [2.75, 3.05) is 6.61 Å². The van der Waals surface area contributed by atoms with Crippen LogP contribution < -0.4 is 10.5 Å². The van der Waals surface area contributed by atoms with Crippen molar-refractivity contribution < 1.29 is 19.4 Å². The fourth-order valence-electron chi connectivity index (χ4n) is 1.83. The first-order valence-corrected chi connectivity index (χ1v) is 8.27. The number of nitrogen functional groups attached to an aromatic ring is 1. The molecule has 0 saturated carbocycles. The molecule has 0 spiro atoms. The highest BCUT2D eigenvalue weighted by atomic mass is 16.5. The van der Waals surface area contributed by atoms with Crippen LogP contribution in [-0.2, 0) is 9.59 Å². The van der Waals surface area contributed by atoms with Crippen LogP contribution in [0.1, 0.15) is 33.3 Å². The molecule has 1 heterocycles. The lowest BCUT2D eigenvalue weighted by Crippen LogP contribution is -2.29. The Morgan fingerprint density at radius 2 is 1.63 bits per heavy atom. The van der Waals surface area contributed by atoms with E-state index in [1.807, 2.05) is 32.0 Å². The van der Waals surface area contributed by atoms with Gasteiger partial charge < -0.3 is 15.6 Å². The predicted molar refractivity (Wildman–Crippen MR) is 104 cm³/mol. The number of hydrogen-bond acceptors (Lipinski definition) is 5. The number of ether oxygens (including phenoxy) is 1. The number of carboxylic acid groups (broad SMARTS) is 1. The molecule has 1 aromatic heterocycles. The third-order valence-electron chi connectivity index (χ3n) is 3.80. The Labute approximate surface area is 158 Å². The average molecular weight is 371 g/mol. The molecule has 0 saturated heterocycles. The number of carbonyl (C=O) groups is 2. The molecular weight excluding hydrogens is 346 g/mol. The summed E-state index contributed by atoms with van der Waals surface area (Å²) in [7, 11) is 0. The van der Waals surface area contributed by atoms with E-state index in [4.69, 9.17) is 25.8 Å². The number of nitrogens with one attached hydrogen (secondary N) is 1. The summed E-state index contributed by atoms with van der Waals surface area (Å²) in [5, 5.41) is 14.8. The van der Waals surface area contributed by atoms with Gasteiger partial charge in [0, 0.05) is 30.3 Å². The molecule has 1 aromatic carbocycles. The number of ketones is 1. The fourth-order valence-corrected chi connectivity index (χ4v) is 1.83. The molecule has 7 nitrogen and oxygen atoms in total. The minimum atomic E-state index is -0.833. The van der Waals surface area contributed by atoms with Crippen LogP contribution in [-0.4, -0.2) is 34.3 Å². The van der Waals surface area contributed by atoms with Crippen LogP contribution in [0, 0.1) is 10.8 Å². The minimum absolute atomic E-state index is 0.0477. The second-order valence-corrected chi connectivity index (χ2v) is 6.62. The molecule has 0 fully saturated rings.